The molecular formula is C12H21N3O. The molecule has 4 heteroatoms. The van der Waals surface area contributed by atoms with E-state index in [1.54, 1.807) is 6.20 Å². The molecule has 2 rings (SSSR count). The lowest BCUT2D eigenvalue weighted by atomic mass is 9.93. The van der Waals surface area contributed by atoms with E-state index in [1.807, 2.05) is 6.07 Å². The average molecular weight is 223 g/mol. The molecule has 90 valence electrons. The van der Waals surface area contributed by atoms with Crippen LogP contribution in [0.25, 0.3) is 0 Å². The number of nitrogens with zero attached hydrogens (tertiary/aromatic N) is 1. The zero-order valence-corrected chi connectivity index (χ0v) is 10.1. The first kappa shape index (κ1) is 11.6. The third-order valence-electron chi connectivity index (χ3n) is 3.20. The smallest absolute Gasteiger partial charge is 0.0639 e. The van der Waals surface area contributed by atoms with E-state index in [9.17, 15) is 0 Å². The molecule has 2 heterocycles. The second-order valence-electron chi connectivity index (χ2n) is 4.84. The topological polar surface area (TPSA) is 49.9 Å². The summed E-state index contributed by atoms with van der Waals surface area (Å²) in [5.41, 5.74) is 1.14. The molecule has 1 aromatic rings. The molecule has 0 aromatic carbocycles. The van der Waals surface area contributed by atoms with E-state index in [4.69, 9.17) is 4.74 Å². The summed E-state index contributed by atoms with van der Waals surface area (Å²) in [5.74, 6) is 1.27. The second kappa shape index (κ2) is 5.46. The SMILES string of the molecule is CC(C)[C@H]1OCC[C@@H]1CNCc1ccn[nH]1. The molecule has 16 heavy (non-hydrogen) atoms. The zero-order chi connectivity index (χ0) is 11.4. The van der Waals surface area contributed by atoms with Crippen molar-refractivity contribution in [3.63, 3.8) is 0 Å². The monoisotopic (exact) mass is 223 g/mol. The molecule has 0 unspecified atom stereocenters. The standard InChI is InChI=1S/C12H21N3O/c1-9(2)12-10(4-6-16-12)7-13-8-11-3-5-14-15-11/h3,5,9-10,12-13H,4,6-8H2,1-2H3,(H,14,15)/t10-,12-/m1/s1. The first-order valence-corrected chi connectivity index (χ1v) is 6.08. The summed E-state index contributed by atoms with van der Waals surface area (Å²) in [6.07, 6.45) is 3.39. The Morgan fingerprint density at radius 2 is 2.50 bits per heavy atom. The highest BCUT2D eigenvalue weighted by molar-refractivity contribution is 4.96. The summed E-state index contributed by atoms with van der Waals surface area (Å²) >= 11 is 0. The maximum Gasteiger partial charge on any atom is 0.0639 e. The van der Waals surface area contributed by atoms with Gasteiger partial charge in [-0.15, -0.1) is 0 Å². The third-order valence-corrected chi connectivity index (χ3v) is 3.20. The van der Waals surface area contributed by atoms with Crippen LogP contribution in [0.5, 0.6) is 0 Å². The van der Waals surface area contributed by atoms with Gasteiger partial charge in [0.1, 0.15) is 0 Å². The van der Waals surface area contributed by atoms with Crippen molar-refractivity contribution in [1.82, 2.24) is 15.5 Å². The van der Waals surface area contributed by atoms with Gasteiger partial charge in [-0.2, -0.15) is 5.10 Å². The normalized spacial score (nSPS) is 25.4. The van der Waals surface area contributed by atoms with Gasteiger partial charge in [-0.3, -0.25) is 5.10 Å². The number of aromatic amines is 1. The van der Waals surface area contributed by atoms with Gasteiger partial charge < -0.3 is 10.1 Å². The second-order valence-corrected chi connectivity index (χ2v) is 4.84. The summed E-state index contributed by atoms with van der Waals surface area (Å²) in [4.78, 5) is 0. The lowest BCUT2D eigenvalue weighted by Crippen LogP contribution is -2.31. The highest BCUT2D eigenvalue weighted by atomic mass is 16.5. The molecule has 0 bridgehead atoms. The van der Waals surface area contributed by atoms with Crippen LogP contribution in [0.4, 0.5) is 0 Å². The summed E-state index contributed by atoms with van der Waals surface area (Å²) in [6, 6.07) is 2.00. The summed E-state index contributed by atoms with van der Waals surface area (Å²) in [6.45, 7) is 7.28. The number of hydrogen-bond acceptors (Lipinski definition) is 3. The highest BCUT2D eigenvalue weighted by Crippen LogP contribution is 2.26. The molecule has 0 spiro atoms. The summed E-state index contributed by atoms with van der Waals surface area (Å²) in [5, 5.41) is 10.3. The average Bonchev–Trinajstić information content (AvgIpc) is 2.87. The van der Waals surface area contributed by atoms with Crippen molar-refractivity contribution in [2.24, 2.45) is 11.8 Å². The fourth-order valence-electron chi connectivity index (χ4n) is 2.39. The largest absolute Gasteiger partial charge is 0.378 e. The molecule has 0 amide bonds. The lowest BCUT2D eigenvalue weighted by Gasteiger charge is -2.22. The van der Waals surface area contributed by atoms with E-state index in [1.165, 1.54) is 6.42 Å². The van der Waals surface area contributed by atoms with Crippen LogP contribution in [0, 0.1) is 11.8 Å². The van der Waals surface area contributed by atoms with Gasteiger partial charge >= 0.3 is 0 Å². The van der Waals surface area contributed by atoms with Gasteiger partial charge in [0.25, 0.3) is 0 Å². The highest BCUT2D eigenvalue weighted by Gasteiger charge is 2.29. The molecule has 0 radical (unpaired) electrons. The van der Waals surface area contributed by atoms with Crippen LogP contribution in [-0.4, -0.2) is 29.5 Å². The van der Waals surface area contributed by atoms with Crippen molar-refractivity contribution in [2.75, 3.05) is 13.2 Å². The molecular weight excluding hydrogens is 202 g/mol. The first-order valence-electron chi connectivity index (χ1n) is 6.08. The Bertz CT molecular complexity index is 297. The van der Waals surface area contributed by atoms with Crippen LogP contribution in [0.15, 0.2) is 12.3 Å². The predicted octanol–water partition coefficient (Wildman–Crippen LogP) is 1.56. The maximum absolute atomic E-state index is 5.75. The predicted molar refractivity (Wildman–Crippen MR) is 63.0 cm³/mol. The summed E-state index contributed by atoms with van der Waals surface area (Å²) < 4.78 is 5.75. The van der Waals surface area contributed by atoms with E-state index in [-0.39, 0.29) is 0 Å². The molecule has 1 saturated heterocycles. The van der Waals surface area contributed by atoms with Gasteiger partial charge in [-0.1, -0.05) is 13.8 Å². The fraction of sp³-hybridized carbons (Fsp3) is 0.750. The lowest BCUT2D eigenvalue weighted by molar-refractivity contribution is 0.0539. The molecule has 1 aliphatic heterocycles. The van der Waals surface area contributed by atoms with Crippen LogP contribution in [0.1, 0.15) is 26.0 Å². The van der Waals surface area contributed by atoms with E-state index >= 15 is 0 Å². The molecule has 0 saturated carbocycles. The van der Waals surface area contributed by atoms with E-state index < -0.39 is 0 Å². The van der Waals surface area contributed by atoms with Gasteiger partial charge in [0.05, 0.1) is 6.10 Å². The molecule has 2 N–H and O–H groups in total. The minimum atomic E-state index is 0.425. The zero-order valence-electron chi connectivity index (χ0n) is 10.1. The van der Waals surface area contributed by atoms with Crippen molar-refractivity contribution in [1.29, 1.82) is 0 Å². The molecule has 1 fully saturated rings. The van der Waals surface area contributed by atoms with E-state index in [0.717, 1.165) is 25.4 Å². The molecule has 1 aliphatic rings. The van der Waals surface area contributed by atoms with Crippen molar-refractivity contribution in [3.05, 3.63) is 18.0 Å². The van der Waals surface area contributed by atoms with Crippen LogP contribution in [0.2, 0.25) is 0 Å². The van der Waals surface area contributed by atoms with Crippen LogP contribution in [0.3, 0.4) is 0 Å². The minimum absolute atomic E-state index is 0.425. The van der Waals surface area contributed by atoms with E-state index in [2.05, 4.69) is 29.4 Å². The first-order chi connectivity index (χ1) is 7.77. The summed E-state index contributed by atoms with van der Waals surface area (Å²) in [7, 11) is 0. The fourth-order valence-corrected chi connectivity index (χ4v) is 2.39. The Kier molecular flexibility index (Phi) is 3.96. The van der Waals surface area contributed by atoms with Gasteiger partial charge in [0.15, 0.2) is 0 Å². The third kappa shape index (κ3) is 2.83. The van der Waals surface area contributed by atoms with Gasteiger partial charge in [0.2, 0.25) is 0 Å². The Morgan fingerprint density at radius 1 is 1.62 bits per heavy atom. The number of H-pyrrole nitrogens is 1. The van der Waals surface area contributed by atoms with Crippen molar-refractivity contribution >= 4 is 0 Å². The number of hydrogen-bond donors (Lipinski definition) is 2. The number of aromatic nitrogens is 2. The number of ether oxygens (including phenoxy) is 1. The van der Waals surface area contributed by atoms with Gasteiger partial charge in [0, 0.05) is 31.6 Å². The van der Waals surface area contributed by atoms with Crippen molar-refractivity contribution in [3.8, 4) is 0 Å². The van der Waals surface area contributed by atoms with Gasteiger partial charge in [-0.05, 0) is 24.3 Å². The Labute approximate surface area is 96.8 Å². The van der Waals surface area contributed by atoms with Crippen LogP contribution >= 0.6 is 0 Å². The molecule has 2 atom stereocenters. The number of rotatable bonds is 5. The quantitative estimate of drug-likeness (QED) is 0.796. The number of nitrogens with one attached hydrogen (secondary N) is 2. The Hall–Kier alpha value is -0.870. The van der Waals surface area contributed by atoms with Crippen LogP contribution in [-0.2, 0) is 11.3 Å². The maximum atomic E-state index is 5.75. The van der Waals surface area contributed by atoms with E-state index in [0.29, 0.717) is 17.9 Å². The minimum Gasteiger partial charge on any atom is -0.378 e. The van der Waals surface area contributed by atoms with Crippen LogP contribution < -0.4 is 5.32 Å². The molecule has 0 aliphatic carbocycles. The van der Waals surface area contributed by atoms with Crippen molar-refractivity contribution in [2.45, 2.75) is 32.9 Å². The van der Waals surface area contributed by atoms with Crippen molar-refractivity contribution < 1.29 is 4.74 Å². The Balaban J connectivity index is 1.73. The van der Waals surface area contributed by atoms with Gasteiger partial charge in [-0.25, -0.2) is 0 Å². The molecule has 1 aromatic heterocycles. The Morgan fingerprint density at radius 3 is 3.19 bits per heavy atom. The molecule has 4 nitrogen and oxygen atoms in total.